The van der Waals surface area contributed by atoms with E-state index in [1.54, 1.807) is 12.1 Å². The number of hydrogen-bond donors (Lipinski definition) is 2. The number of nitrogens with one attached hydrogen (secondary N) is 1. The van der Waals surface area contributed by atoms with Gasteiger partial charge in [0.05, 0.1) is 17.9 Å². The number of nitrogen functional groups attached to an aromatic ring is 1. The minimum atomic E-state index is -0.184. The highest BCUT2D eigenvalue weighted by atomic mass is 16.5. The molecule has 3 N–H and O–H groups in total. The minimum absolute atomic E-state index is 0.0972. The molecule has 176 valence electrons. The van der Waals surface area contributed by atoms with E-state index in [0.717, 1.165) is 42.4 Å². The standard InChI is InChI=1S/C29H27N3O3/c30-27-8-4-5-9-28(27)31-29(33)21-10-12-22(13-11-21)32-19-18-26(20-32)35-25-16-14-24(15-17-25)34-23-6-2-1-3-7-23/h1-17,26H,18-20,30H2,(H,31,33)/t26-/m0/s1. The zero-order valence-corrected chi connectivity index (χ0v) is 19.3. The number of rotatable bonds is 7. The van der Waals surface area contributed by atoms with Crippen LogP contribution in [0.3, 0.4) is 0 Å². The van der Waals surface area contributed by atoms with E-state index >= 15 is 0 Å². The van der Waals surface area contributed by atoms with Gasteiger partial charge in [0.25, 0.3) is 5.91 Å². The molecule has 1 atom stereocenters. The molecule has 5 rings (SSSR count). The molecular formula is C29H27N3O3. The number of anilines is 3. The Bertz CT molecular complexity index is 1270. The van der Waals surface area contributed by atoms with Gasteiger partial charge in [0.2, 0.25) is 0 Å². The molecule has 4 aromatic rings. The van der Waals surface area contributed by atoms with Crippen LogP contribution in [0.4, 0.5) is 17.1 Å². The Morgan fingerprint density at radius 2 is 1.46 bits per heavy atom. The maximum absolute atomic E-state index is 12.6. The monoisotopic (exact) mass is 465 g/mol. The Balaban J connectivity index is 1.14. The zero-order valence-electron chi connectivity index (χ0n) is 19.3. The van der Waals surface area contributed by atoms with Crippen molar-refractivity contribution in [1.29, 1.82) is 0 Å². The quantitative estimate of drug-likeness (QED) is 0.329. The highest BCUT2D eigenvalue weighted by molar-refractivity contribution is 6.05. The molecule has 0 spiro atoms. The number of nitrogens with zero attached hydrogens (tertiary/aromatic N) is 1. The second-order valence-corrected chi connectivity index (χ2v) is 8.45. The van der Waals surface area contributed by atoms with Crippen LogP contribution in [0.5, 0.6) is 17.2 Å². The van der Waals surface area contributed by atoms with Crippen molar-refractivity contribution in [2.45, 2.75) is 12.5 Å². The van der Waals surface area contributed by atoms with E-state index in [-0.39, 0.29) is 12.0 Å². The Labute approximate surface area is 204 Å². The minimum Gasteiger partial charge on any atom is -0.489 e. The number of nitrogens with two attached hydrogens (primary N) is 1. The summed E-state index contributed by atoms with van der Waals surface area (Å²) in [5.74, 6) is 2.22. The van der Waals surface area contributed by atoms with Gasteiger partial charge in [-0.25, -0.2) is 0 Å². The van der Waals surface area contributed by atoms with Crippen LogP contribution in [0.25, 0.3) is 0 Å². The van der Waals surface area contributed by atoms with Gasteiger partial charge in [0, 0.05) is 24.2 Å². The van der Waals surface area contributed by atoms with Crippen LogP contribution in [0.1, 0.15) is 16.8 Å². The summed E-state index contributed by atoms with van der Waals surface area (Å²) in [5.41, 5.74) is 8.73. The Morgan fingerprint density at radius 3 is 2.20 bits per heavy atom. The van der Waals surface area contributed by atoms with E-state index < -0.39 is 0 Å². The fraction of sp³-hybridized carbons (Fsp3) is 0.138. The van der Waals surface area contributed by atoms with Crippen LogP contribution in [-0.2, 0) is 0 Å². The van der Waals surface area contributed by atoms with Gasteiger partial charge in [-0.05, 0) is 72.8 Å². The molecular weight excluding hydrogens is 438 g/mol. The van der Waals surface area contributed by atoms with Crippen LogP contribution in [0, 0.1) is 0 Å². The van der Waals surface area contributed by atoms with Crippen molar-refractivity contribution in [3.05, 3.63) is 109 Å². The molecule has 0 radical (unpaired) electrons. The second kappa shape index (κ2) is 10.2. The topological polar surface area (TPSA) is 76.8 Å². The number of carbonyl (C=O) groups excluding carboxylic acids is 1. The molecule has 4 aromatic carbocycles. The van der Waals surface area contributed by atoms with Crippen molar-refractivity contribution < 1.29 is 14.3 Å². The lowest BCUT2D eigenvalue weighted by Gasteiger charge is -2.19. The highest BCUT2D eigenvalue weighted by Crippen LogP contribution is 2.27. The number of benzene rings is 4. The zero-order chi connectivity index (χ0) is 24.0. The van der Waals surface area contributed by atoms with Crippen molar-refractivity contribution in [2.75, 3.05) is 29.0 Å². The fourth-order valence-electron chi connectivity index (χ4n) is 4.09. The first-order chi connectivity index (χ1) is 17.1. The van der Waals surface area contributed by atoms with Crippen molar-refractivity contribution >= 4 is 23.0 Å². The first-order valence-corrected chi connectivity index (χ1v) is 11.6. The van der Waals surface area contributed by atoms with Crippen molar-refractivity contribution in [2.24, 2.45) is 0 Å². The Morgan fingerprint density at radius 1 is 0.800 bits per heavy atom. The summed E-state index contributed by atoms with van der Waals surface area (Å²) >= 11 is 0. The summed E-state index contributed by atoms with van der Waals surface area (Å²) < 4.78 is 12.0. The first kappa shape index (κ1) is 22.3. The Hall–Kier alpha value is -4.45. The number of ether oxygens (including phenoxy) is 2. The summed E-state index contributed by atoms with van der Waals surface area (Å²) in [6.07, 6.45) is 1.03. The lowest BCUT2D eigenvalue weighted by atomic mass is 10.1. The molecule has 6 nitrogen and oxygen atoms in total. The molecule has 0 unspecified atom stereocenters. The van der Waals surface area contributed by atoms with Gasteiger partial charge in [-0.2, -0.15) is 0 Å². The molecule has 1 fully saturated rings. The van der Waals surface area contributed by atoms with Gasteiger partial charge in [0.1, 0.15) is 23.4 Å². The molecule has 0 bridgehead atoms. The molecule has 1 saturated heterocycles. The van der Waals surface area contributed by atoms with Gasteiger partial charge in [0.15, 0.2) is 0 Å². The van der Waals surface area contributed by atoms with E-state index in [0.29, 0.717) is 16.9 Å². The van der Waals surface area contributed by atoms with Gasteiger partial charge < -0.3 is 25.4 Å². The number of hydrogen-bond acceptors (Lipinski definition) is 5. The van der Waals surface area contributed by atoms with Crippen molar-refractivity contribution in [3.63, 3.8) is 0 Å². The summed E-state index contributed by atoms with van der Waals surface area (Å²) in [7, 11) is 0. The molecule has 1 heterocycles. The summed E-state index contributed by atoms with van der Waals surface area (Å²) in [5, 5.41) is 2.86. The third-order valence-electron chi connectivity index (χ3n) is 5.95. The first-order valence-electron chi connectivity index (χ1n) is 11.6. The van der Waals surface area contributed by atoms with Crippen LogP contribution >= 0.6 is 0 Å². The average molecular weight is 466 g/mol. The van der Waals surface area contributed by atoms with Crippen LogP contribution in [-0.4, -0.2) is 25.1 Å². The summed E-state index contributed by atoms with van der Waals surface area (Å²) in [6, 6.07) is 32.3. The average Bonchev–Trinajstić information content (AvgIpc) is 3.36. The molecule has 0 aromatic heterocycles. The van der Waals surface area contributed by atoms with E-state index in [1.807, 2.05) is 91.0 Å². The second-order valence-electron chi connectivity index (χ2n) is 8.45. The molecule has 0 saturated carbocycles. The lowest BCUT2D eigenvalue weighted by Crippen LogP contribution is -2.24. The van der Waals surface area contributed by atoms with Crippen LogP contribution in [0.15, 0.2) is 103 Å². The normalized spacial score (nSPS) is 15.0. The van der Waals surface area contributed by atoms with Gasteiger partial charge >= 0.3 is 0 Å². The van der Waals surface area contributed by atoms with Gasteiger partial charge in [-0.15, -0.1) is 0 Å². The van der Waals surface area contributed by atoms with Crippen molar-refractivity contribution in [3.8, 4) is 17.2 Å². The molecule has 1 aliphatic heterocycles. The van der Waals surface area contributed by atoms with E-state index in [9.17, 15) is 4.79 Å². The molecule has 0 aliphatic carbocycles. The van der Waals surface area contributed by atoms with Crippen LogP contribution in [0.2, 0.25) is 0 Å². The highest BCUT2D eigenvalue weighted by Gasteiger charge is 2.24. The number of carbonyl (C=O) groups is 1. The maximum Gasteiger partial charge on any atom is 0.255 e. The predicted molar refractivity (Wildman–Crippen MR) is 139 cm³/mol. The van der Waals surface area contributed by atoms with E-state index in [4.69, 9.17) is 15.2 Å². The van der Waals surface area contributed by atoms with Gasteiger partial charge in [-0.3, -0.25) is 4.79 Å². The number of amides is 1. The SMILES string of the molecule is Nc1ccccc1NC(=O)c1ccc(N2CC[C@H](Oc3ccc(Oc4ccccc4)cc3)C2)cc1. The predicted octanol–water partition coefficient (Wildman–Crippen LogP) is 5.97. The summed E-state index contributed by atoms with van der Waals surface area (Å²) in [4.78, 5) is 14.8. The van der Waals surface area contributed by atoms with Crippen molar-refractivity contribution in [1.82, 2.24) is 0 Å². The summed E-state index contributed by atoms with van der Waals surface area (Å²) in [6.45, 7) is 1.68. The third kappa shape index (κ3) is 5.55. The molecule has 6 heteroatoms. The lowest BCUT2D eigenvalue weighted by molar-refractivity contribution is 0.102. The smallest absolute Gasteiger partial charge is 0.255 e. The molecule has 1 amide bonds. The largest absolute Gasteiger partial charge is 0.489 e. The van der Waals surface area contributed by atoms with E-state index in [1.165, 1.54) is 0 Å². The molecule has 35 heavy (non-hydrogen) atoms. The number of para-hydroxylation sites is 3. The van der Waals surface area contributed by atoms with Crippen LogP contribution < -0.4 is 25.4 Å². The molecule has 1 aliphatic rings. The van der Waals surface area contributed by atoms with Gasteiger partial charge in [-0.1, -0.05) is 30.3 Å². The third-order valence-corrected chi connectivity index (χ3v) is 5.95. The fourth-order valence-corrected chi connectivity index (χ4v) is 4.09. The van der Waals surface area contributed by atoms with E-state index in [2.05, 4.69) is 10.2 Å². The Kier molecular flexibility index (Phi) is 6.52. The maximum atomic E-state index is 12.6.